The van der Waals surface area contributed by atoms with Crippen LogP contribution in [-0.4, -0.2) is 10.2 Å². The van der Waals surface area contributed by atoms with Gasteiger partial charge in [-0.3, -0.25) is 0 Å². The second-order valence-corrected chi connectivity index (χ2v) is 4.17. The van der Waals surface area contributed by atoms with Gasteiger partial charge in [-0.25, -0.2) is 0 Å². The normalized spacial score (nSPS) is 9.47. The first kappa shape index (κ1) is 11.9. The molecule has 0 amide bonds. The van der Waals surface area contributed by atoms with Crippen molar-refractivity contribution in [3.8, 4) is 0 Å². The van der Waals surface area contributed by atoms with E-state index in [9.17, 15) is 0 Å². The van der Waals surface area contributed by atoms with Crippen molar-refractivity contribution in [3.63, 3.8) is 0 Å². The van der Waals surface area contributed by atoms with E-state index in [0.717, 1.165) is 5.69 Å². The minimum atomic E-state index is 0.164. The summed E-state index contributed by atoms with van der Waals surface area (Å²) in [5, 5.41) is 6.24. The number of rotatable bonds is 1. The first-order chi connectivity index (χ1) is 6.97. The third-order valence-corrected chi connectivity index (χ3v) is 2.02. The molecule has 0 bridgehead atoms. The summed E-state index contributed by atoms with van der Waals surface area (Å²) in [6, 6.07) is 6.09. The van der Waals surface area contributed by atoms with E-state index in [1.165, 1.54) is 11.1 Å². The Balaban J connectivity index is 2.72. The molecule has 80 valence electrons. The zero-order chi connectivity index (χ0) is 11.4. The largest absolute Gasteiger partial charge is 0.376 e. The molecule has 0 unspecified atom stereocenters. The van der Waals surface area contributed by atoms with Crippen molar-refractivity contribution in [1.82, 2.24) is 5.32 Å². The number of benzene rings is 1. The molecule has 4 N–H and O–H groups in total. The number of nitrogens with one attached hydrogen (secondary N) is 2. The molecule has 15 heavy (non-hydrogen) atoms. The van der Waals surface area contributed by atoms with Gasteiger partial charge in [0.25, 0.3) is 0 Å². The van der Waals surface area contributed by atoms with Gasteiger partial charge in [0.05, 0.1) is 0 Å². The van der Waals surface area contributed by atoms with Gasteiger partial charge < -0.3 is 16.4 Å². The maximum Gasteiger partial charge on any atom is 0.177 e. The van der Waals surface area contributed by atoms with Crippen LogP contribution in [0.5, 0.6) is 0 Å². The van der Waals surface area contributed by atoms with Gasteiger partial charge >= 0.3 is 0 Å². The maximum atomic E-state index is 5.30. The number of aryl methyl sites for hydroxylation is 2. The standard InChI is InChI=1S/C10H13N3S2/c1-6-3-7(2)5-8(4-6)12-10(15)13-9(11)14/h3-5H,1-2H3,(H4,11,12,13,14,15). The summed E-state index contributed by atoms with van der Waals surface area (Å²) >= 11 is 9.69. The second kappa shape index (κ2) is 5.04. The maximum absolute atomic E-state index is 5.30. The fourth-order valence-electron chi connectivity index (χ4n) is 1.32. The fourth-order valence-corrected chi connectivity index (χ4v) is 1.72. The lowest BCUT2D eigenvalue weighted by atomic mass is 10.1. The molecule has 3 nitrogen and oxygen atoms in total. The van der Waals surface area contributed by atoms with Gasteiger partial charge in [-0.05, 0) is 61.5 Å². The summed E-state index contributed by atoms with van der Waals surface area (Å²) in [5.41, 5.74) is 8.58. The van der Waals surface area contributed by atoms with Gasteiger partial charge in [-0.15, -0.1) is 0 Å². The van der Waals surface area contributed by atoms with E-state index >= 15 is 0 Å². The Labute approximate surface area is 100 Å². The summed E-state index contributed by atoms with van der Waals surface area (Å²) in [7, 11) is 0. The van der Waals surface area contributed by atoms with Crippen LogP contribution >= 0.6 is 24.4 Å². The lowest BCUT2D eigenvalue weighted by Gasteiger charge is -2.10. The minimum Gasteiger partial charge on any atom is -0.376 e. The van der Waals surface area contributed by atoms with Gasteiger partial charge in [0.2, 0.25) is 0 Å². The molecule has 0 atom stereocenters. The fraction of sp³-hybridized carbons (Fsp3) is 0.200. The molecule has 0 spiro atoms. The molecule has 5 heteroatoms. The molecule has 1 aromatic carbocycles. The van der Waals surface area contributed by atoms with Crippen molar-refractivity contribution in [2.24, 2.45) is 5.73 Å². The quantitative estimate of drug-likeness (QED) is 0.653. The molecule has 0 fully saturated rings. The SMILES string of the molecule is Cc1cc(C)cc(NC(=S)NC(N)=S)c1. The van der Waals surface area contributed by atoms with Crippen molar-refractivity contribution in [3.05, 3.63) is 29.3 Å². The molecular formula is C10H13N3S2. The first-order valence-corrected chi connectivity index (χ1v) is 5.25. The Morgan fingerprint density at radius 2 is 1.67 bits per heavy atom. The lowest BCUT2D eigenvalue weighted by molar-refractivity contribution is 1.35. The van der Waals surface area contributed by atoms with Gasteiger partial charge in [0.1, 0.15) is 0 Å². The van der Waals surface area contributed by atoms with E-state index in [1.807, 2.05) is 26.0 Å². The Hall–Kier alpha value is -1.20. The Morgan fingerprint density at radius 3 is 2.13 bits per heavy atom. The zero-order valence-corrected chi connectivity index (χ0v) is 10.3. The highest BCUT2D eigenvalue weighted by molar-refractivity contribution is 7.82. The molecule has 0 saturated carbocycles. The molecule has 0 saturated heterocycles. The van der Waals surface area contributed by atoms with Crippen molar-refractivity contribution < 1.29 is 0 Å². The molecule has 0 aliphatic carbocycles. The van der Waals surface area contributed by atoms with Crippen LogP contribution in [0.1, 0.15) is 11.1 Å². The van der Waals surface area contributed by atoms with Crippen molar-refractivity contribution in [2.45, 2.75) is 13.8 Å². The summed E-state index contributed by atoms with van der Waals surface area (Å²) in [5.74, 6) is 0. The van der Waals surface area contributed by atoms with Crippen LogP contribution in [0, 0.1) is 13.8 Å². The van der Waals surface area contributed by atoms with E-state index in [2.05, 4.69) is 28.9 Å². The van der Waals surface area contributed by atoms with Crippen molar-refractivity contribution in [1.29, 1.82) is 0 Å². The molecule has 0 aliphatic heterocycles. The Bertz CT molecular complexity index is 381. The molecular weight excluding hydrogens is 226 g/mol. The lowest BCUT2D eigenvalue weighted by Crippen LogP contribution is -2.37. The highest BCUT2D eigenvalue weighted by Gasteiger charge is 1.99. The summed E-state index contributed by atoms with van der Waals surface area (Å²) < 4.78 is 0. The first-order valence-electron chi connectivity index (χ1n) is 4.43. The van der Waals surface area contributed by atoms with Crippen LogP contribution in [0.2, 0.25) is 0 Å². The predicted molar refractivity (Wildman–Crippen MR) is 72.1 cm³/mol. The van der Waals surface area contributed by atoms with Crippen LogP contribution in [-0.2, 0) is 0 Å². The molecule has 0 radical (unpaired) electrons. The number of nitrogens with two attached hydrogens (primary N) is 1. The topological polar surface area (TPSA) is 50.1 Å². The second-order valence-electron chi connectivity index (χ2n) is 3.32. The highest BCUT2D eigenvalue weighted by Crippen LogP contribution is 2.13. The predicted octanol–water partition coefficient (Wildman–Crippen LogP) is 1.83. The van der Waals surface area contributed by atoms with Gasteiger partial charge in [0, 0.05) is 5.69 Å². The third kappa shape index (κ3) is 4.22. The smallest absolute Gasteiger partial charge is 0.177 e. The van der Waals surface area contributed by atoms with E-state index in [4.69, 9.17) is 18.0 Å². The van der Waals surface area contributed by atoms with E-state index in [0.29, 0.717) is 5.11 Å². The minimum absolute atomic E-state index is 0.164. The van der Waals surface area contributed by atoms with Gasteiger partial charge in [-0.2, -0.15) is 0 Å². The van der Waals surface area contributed by atoms with E-state index < -0.39 is 0 Å². The average molecular weight is 239 g/mol. The summed E-state index contributed by atoms with van der Waals surface area (Å²) in [6.07, 6.45) is 0. The molecule has 1 aromatic rings. The number of thiocarbonyl (C=S) groups is 2. The van der Waals surface area contributed by atoms with Crippen molar-refractivity contribution in [2.75, 3.05) is 5.32 Å². The number of hydrogen-bond donors (Lipinski definition) is 3. The van der Waals surface area contributed by atoms with E-state index in [1.54, 1.807) is 0 Å². The summed E-state index contributed by atoms with van der Waals surface area (Å²) in [4.78, 5) is 0. The average Bonchev–Trinajstić information content (AvgIpc) is 1.98. The van der Waals surface area contributed by atoms with Crippen LogP contribution in [0.4, 0.5) is 5.69 Å². The van der Waals surface area contributed by atoms with Crippen LogP contribution < -0.4 is 16.4 Å². The number of anilines is 1. The molecule has 0 aliphatic rings. The Morgan fingerprint density at radius 1 is 1.13 bits per heavy atom. The Kier molecular flexibility index (Phi) is 3.99. The van der Waals surface area contributed by atoms with Crippen LogP contribution in [0.15, 0.2) is 18.2 Å². The third-order valence-electron chi connectivity index (χ3n) is 1.72. The van der Waals surface area contributed by atoms with Crippen molar-refractivity contribution >= 4 is 40.3 Å². The summed E-state index contributed by atoms with van der Waals surface area (Å²) in [6.45, 7) is 4.06. The van der Waals surface area contributed by atoms with E-state index in [-0.39, 0.29) is 5.11 Å². The molecule has 0 heterocycles. The van der Waals surface area contributed by atoms with Crippen LogP contribution in [0.25, 0.3) is 0 Å². The van der Waals surface area contributed by atoms with Crippen LogP contribution in [0.3, 0.4) is 0 Å². The van der Waals surface area contributed by atoms with Gasteiger partial charge in [-0.1, -0.05) is 6.07 Å². The molecule has 1 rings (SSSR count). The number of hydrogen-bond acceptors (Lipinski definition) is 2. The molecule has 0 aromatic heterocycles. The monoisotopic (exact) mass is 239 g/mol. The highest BCUT2D eigenvalue weighted by atomic mass is 32.1. The zero-order valence-electron chi connectivity index (χ0n) is 8.63. The van der Waals surface area contributed by atoms with Gasteiger partial charge in [0.15, 0.2) is 10.2 Å².